The molecule has 1 aromatic carbocycles. The van der Waals surface area contributed by atoms with Gasteiger partial charge in [-0.1, -0.05) is 12.1 Å². The standard InChI is InChI=1S/C15H21F3N2O3/c1-10(21)8-9-20(3)14(22)19-11(2)12-4-6-13(7-5-12)23-15(16,17)18/h4-7,10-11,21H,8-9H2,1-3H3,(H,19,22). The average molecular weight is 334 g/mol. The minimum Gasteiger partial charge on any atom is -0.406 e. The number of aliphatic hydroxyl groups excluding tert-OH is 1. The van der Waals surface area contributed by atoms with Crippen molar-refractivity contribution in [3.05, 3.63) is 29.8 Å². The maximum absolute atomic E-state index is 12.1. The molecule has 0 radical (unpaired) electrons. The lowest BCUT2D eigenvalue weighted by Gasteiger charge is -2.22. The molecule has 0 fully saturated rings. The largest absolute Gasteiger partial charge is 0.573 e. The Morgan fingerprint density at radius 1 is 1.30 bits per heavy atom. The van der Waals surface area contributed by atoms with E-state index in [0.29, 0.717) is 18.5 Å². The highest BCUT2D eigenvalue weighted by molar-refractivity contribution is 5.74. The molecule has 0 spiro atoms. The highest BCUT2D eigenvalue weighted by atomic mass is 19.4. The number of alkyl halides is 3. The van der Waals surface area contributed by atoms with Crippen LogP contribution in [0.1, 0.15) is 31.9 Å². The monoisotopic (exact) mass is 334 g/mol. The van der Waals surface area contributed by atoms with Crippen molar-refractivity contribution in [3.8, 4) is 5.75 Å². The summed E-state index contributed by atoms with van der Waals surface area (Å²) in [7, 11) is 1.60. The molecule has 130 valence electrons. The van der Waals surface area contributed by atoms with Crippen LogP contribution in [0.5, 0.6) is 5.75 Å². The maximum atomic E-state index is 12.1. The Bertz CT molecular complexity index is 504. The molecule has 0 aliphatic heterocycles. The number of halogens is 3. The van der Waals surface area contributed by atoms with Crippen LogP contribution in [0.25, 0.3) is 0 Å². The van der Waals surface area contributed by atoms with E-state index in [2.05, 4.69) is 10.1 Å². The van der Waals surface area contributed by atoms with Gasteiger partial charge in [0.15, 0.2) is 0 Å². The van der Waals surface area contributed by atoms with Crippen LogP contribution in [0.3, 0.4) is 0 Å². The zero-order valence-electron chi connectivity index (χ0n) is 13.2. The third-order valence-electron chi connectivity index (χ3n) is 3.18. The molecule has 2 unspecified atom stereocenters. The molecule has 5 nitrogen and oxygen atoms in total. The fourth-order valence-corrected chi connectivity index (χ4v) is 1.82. The summed E-state index contributed by atoms with van der Waals surface area (Å²) < 4.78 is 40.1. The minimum absolute atomic E-state index is 0.311. The van der Waals surface area contributed by atoms with Crippen LogP contribution in [0, 0.1) is 0 Å². The van der Waals surface area contributed by atoms with Gasteiger partial charge in [-0.25, -0.2) is 4.79 Å². The van der Waals surface area contributed by atoms with Crippen molar-refractivity contribution in [2.75, 3.05) is 13.6 Å². The fraction of sp³-hybridized carbons (Fsp3) is 0.533. The smallest absolute Gasteiger partial charge is 0.406 e. The van der Waals surface area contributed by atoms with E-state index in [4.69, 9.17) is 0 Å². The molecule has 23 heavy (non-hydrogen) atoms. The second kappa shape index (κ2) is 8.05. The summed E-state index contributed by atoms with van der Waals surface area (Å²) in [6.45, 7) is 3.76. The number of aliphatic hydroxyl groups is 1. The van der Waals surface area contributed by atoms with Crippen molar-refractivity contribution in [2.24, 2.45) is 0 Å². The van der Waals surface area contributed by atoms with E-state index >= 15 is 0 Å². The average Bonchev–Trinajstić information content (AvgIpc) is 2.43. The molecule has 0 aromatic heterocycles. The highest BCUT2D eigenvalue weighted by Gasteiger charge is 2.31. The summed E-state index contributed by atoms with van der Waals surface area (Å²) in [6, 6.07) is 4.61. The topological polar surface area (TPSA) is 61.8 Å². The lowest BCUT2D eigenvalue weighted by molar-refractivity contribution is -0.274. The van der Waals surface area contributed by atoms with Crippen molar-refractivity contribution in [1.82, 2.24) is 10.2 Å². The van der Waals surface area contributed by atoms with Crippen molar-refractivity contribution in [2.45, 2.75) is 38.8 Å². The first-order chi connectivity index (χ1) is 10.6. The summed E-state index contributed by atoms with van der Waals surface area (Å²) in [5.41, 5.74) is 0.650. The number of carbonyl (C=O) groups is 1. The van der Waals surface area contributed by atoms with Crippen LogP contribution in [0.4, 0.5) is 18.0 Å². The molecule has 2 atom stereocenters. The zero-order chi connectivity index (χ0) is 17.6. The van der Waals surface area contributed by atoms with Gasteiger partial charge in [0, 0.05) is 13.6 Å². The Morgan fingerprint density at radius 3 is 2.35 bits per heavy atom. The second-order valence-electron chi connectivity index (χ2n) is 5.35. The van der Waals surface area contributed by atoms with Gasteiger partial charge in [0.05, 0.1) is 12.1 Å². The number of nitrogens with one attached hydrogen (secondary N) is 1. The number of urea groups is 1. The lowest BCUT2D eigenvalue weighted by atomic mass is 10.1. The van der Waals surface area contributed by atoms with Gasteiger partial charge in [0.1, 0.15) is 5.75 Å². The van der Waals surface area contributed by atoms with Crippen LogP contribution in [-0.2, 0) is 0 Å². The first-order valence-electron chi connectivity index (χ1n) is 7.14. The molecule has 0 saturated carbocycles. The van der Waals surface area contributed by atoms with Gasteiger partial charge in [0.2, 0.25) is 0 Å². The van der Waals surface area contributed by atoms with E-state index in [-0.39, 0.29) is 17.8 Å². The van der Waals surface area contributed by atoms with Crippen LogP contribution in [0.15, 0.2) is 24.3 Å². The van der Waals surface area contributed by atoms with Crippen LogP contribution >= 0.6 is 0 Å². The molecule has 0 heterocycles. The number of carbonyl (C=O) groups excluding carboxylic acids is 1. The first kappa shape index (κ1) is 19.1. The van der Waals surface area contributed by atoms with Gasteiger partial charge in [0.25, 0.3) is 0 Å². The van der Waals surface area contributed by atoms with Gasteiger partial charge in [-0.05, 0) is 38.0 Å². The molecule has 1 rings (SSSR count). The number of amides is 2. The van der Waals surface area contributed by atoms with Gasteiger partial charge in [-0.15, -0.1) is 13.2 Å². The first-order valence-corrected chi connectivity index (χ1v) is 7.14. The number of hydrogen-bond acceptors (Lipinski definition) is 3. The Hall–Kier alpha value is -1.96. The summed E-state index contributed by atoms with van der Waals surface area (Å²) in [6.07, 6.45) is -4.76. The van der Waals surface area contributed by atoms with E-state index < -0.39 is 12.5 Å². The Labute approximate surface area is 133 Å². The van der Waals surface area contributed by atoms with Crippen LogP contribution < -0.4 is 10.1 Å². The molecule has 0 aliphatic carbocycles. The lowest BCUT2D eigenvalue weighted by Crippen LogP contribution is -2.39. The van der Waals surface area contributed by atoms with Crippen molar-refractivity contribution in [3.63, 3.8) is 0 Å². The highest BCUT2D eigenvalue weighted by Crippen LogP contribution is 2.24. The number of hydrogen-bond donors (Lipinski definition) is 2. The molecule has 0 aliphatic rings. The van der Waals surface area contributed by atoms with Crippen LogP contribution in [0.2, 0.25) is 0 Å². The summed E-state index contributed by atoms with van der Waals surface area (Å²) in [5.74, 6) is -0.311. The molecule has 0 bridgehead atoms. The molecular formula is C15H21F3N2O3. The van der Waals surface area contributed by atoms with Crippen LogP contribution in [-0.4, -0.2) is 42.1 Å². The fourth-order valence-electron chi connectivity index (χ4n) is 1.82. The SMILES string of the molecule is CC(O)CCN(C)C(=O)NC(C)c1ccc(OC(F)(F)F)cc1. The molecular weight excluding hydrogens is 313 g/mol. The number of rotatable bonds is 6. The van der Waals surface area contributed by atoms with E-state index in [1.807, 2.05) is 0 Å². The molecule has 8 heteroatoms. The van der Waals surface area contributed by atoms with Gasteiger partial charge < -0.3 is 20.1 Å². The molecule has 2 N–H and O–H groups in total. The summed E-state index contributed by atoms with van der Waals surface area (Å²) in [4.78, 5) is 13.4. The third-order valence-corrected chi connectivity index (χ3v) is 3.18. The van der Waals surface area contributed by atoms with Crippen molar-refractivity contribution in [1.29, 1.82) is 0 Å². The molecule has 1 aromatic rings. The Morgan fingerprint density at radius 2 is 1.87 bits per heavy atom. The molecule has 0 saturated heterocycles. The van der Waals surface area contributed by atoms with Gasteiger partial charge in [-0.2, -0.15) is 0 Å². The van der Waals surface area contributed by atoms with E-state index in [0.717, 1.165) is 0 Å². The van der Waals surface area contributed by atoms with E-state index in [1.165, 1.54) is 29.2 Å². The number of nitrogens with zero attached hydrogens (tertiary/aromatic N) is 1. The zero-order valence-corrected chi connectivity index (χ0v) is 13.2. The van der Waals surface area contributed by atoms with Gasteiger partial charge >= 0.3 is 12.4 Å². The van der Waals surface area contributed by atoms with E-state index in [9.17, 15) is 23.1 Å². The minimum atomic E-state index is -4.73. The number of benzene rings is 1. The normalized spacial score (nSPS) is 14.0. The maximum Gasteiger partial charge on any atom is 0.573 e. The van der Waals surface area contributed by atoms with E-state index in [1.54, 1.807) is 20.9 Å². The third kappa shape index (κ3) is 7.23. The number of ether oxygens (including phenoxy) is 1. The van der Waals surface area contributed by atoms with Gasteiger partial charge in [-0.3, -0.25) is 0 Å². The molecule has 2 amide bonds. The van der Waals surface area contributed by atoms with Crippen molar-refractivity contribution >= 4 is 6.03 Å². The predicted molar refractivity (Wildman–Crippen MR) is 79.0 cm³/mol. The van der Waals surface area contributed by atoms with Crippen molar-refractivity contribution < 1.29 is 27.8 Å². The Kier molecular flexibility index (Phi) is 6.68. The predicted octanol–water partition coefficient (Wildman–Crippen LogP) is 3.06. The summed E-state index contributed by atoms with van der Waals surface area (Å²) >= 11 is 0. The second-order valence-corrected chi connectivity index (χ2v) is 5.35. The Balaban J connectivity index is 2.57. The quantitative estimate of drug-likeness (QED) is 0.840. The summed E-state index contributed by atoms with van der Waals surface area (Å²) in [5, 5.41) is 11.9.